The molecule has 5 rings (SSSR count). The zero-order valence-corrected chi connectivity index (χ0v) is 15.1. The number of fused-ring (bicyclic) bond motifs is 1. The van der Waals surface area contributed by atoms with Crippen molar-refractivity contribution in [3.63, 3.8) is 0 Å². The molecule has 0 saturated heterocycles. The van der Waals surface area contributed by atoms with E-state index in [0.717, 1.165) is 16.8 Å². The molecule has 1 aliphatic rings. The van der Waals surface area contributed by atoms with E-state index in [4.69, 9.17) is 0 Å². The van der Waals surface area contributed by atoms with E-state index in [2.05, 4.69) is 0 Å². The van der Waals surface area contributed by atoms with Crippen LogP contribution in [0.25, 0.3) is 17.5 Å². The van der Waals surface area contributed by atoms with E-state index in [1.165, 1.54) is 4.68 Å². The molecule has 0 fully saturated rings. The van der Waals surface area contributed by atoms with Crippen molar-refractivity contribution in [2.24, 2.45) is 0 Å². The SMILES string of the molecule is O=c1c(C2C=Cc3ccccc32)c(O)n(-c2ccccc2)n1-c1ccccc1. The number of hydrogen-bond acceptors (Lipinski definition) is 2. The Labute approximate surface area is 162 Å². The average molecular weight is 366 g/mol. The van der Waals surface area contributed by atoms with Gasteiger partial charge >= 0.3 is 0 Å². The fourth-order valence-electron chi connectivity index (χ4n) is 3.89. The number of hydrogen-bond donors (Lipinski definition) is 1. The van der Waals surface area contributed by atoms with Crippen molar-refractivity contribution >= 4 is 6.08 Å². The van der Waals surface area contributed by atoms with Gasteiger partial charge in [0.1, 0.15) is 0 Å². The predicted molar refractivity (Wildman–Crippen MR) is 110 cm³/mol. The first-order valence-electron chi connectivity index (χ1n) is 9.20. The topological polar surface area (TPSA) is 47.2 Å². The van der Waals surface area contributed by atoms with E-state index in [1.807, 2.05) is 97.1 Å². The maximum atomic E-state index is 13.5. The Morgan fingerprint density at radius 1 is 0.714 bits per heavy atom. The van der Waals surface area contributed by atoms with Crippen LogP contribution < -0.4 is 5.56 Å². The smallest absolute Gasteiger partial charge is 0.279 e. The molecule has 0 amide bonds. The van der Waals surface area contributed by atoms with Crippen molar-refractivity contribution in [1.82, 2.24) is 9.36 Å². The van der Waals surface area contributed by atoms with E-state index in [0.29, 0.717) is 11.3 Å². The van der Waals surface area contributed by atoms with Gasteiger partial charge in [-0.1, -0.05) is 72.8 Å². The van der Waals surface area contributed by atoms with Gasteiger partial charge in [0.25, 0.3) is 5.56 Å². The molecule has 0 spiro atoms. The molecule has 1 aliphatic carbocycles. The normalized spacial score (nSPS) is 14.9. The molecule has 1 unspecified atom stereocenters. The van der Waals surface area contributed by atoms with Crippen LogP contribution in [0.5, 0.6) is 5.88 Å². The maximum absolute atomic E-state index is 13.5. The number of aromatic nitrogens is 2. The van der Waals surface area contributed by atoms with Gasteiger partial charge in [0.15, 0.2) is 0 Å². The van der Waals surface area contributed by atoms with Gasteiger partial charge in [0.05, 0.1) is 16.9 Å². The molecule has 0 saturated carbocycles. The molecule has 0 aliphatic heterocycles. The third-order valence-electron chi connectivity index (χ3n) is 5.18. The molecule has 1 atom stereocenters. The van der Waals surface area contributed by atoms with Crippen LogP contribution in [0.3, 0.4) is 0 Å². The van der Waals surface area contributed by atoms with E-state index >= 15 is 0 Å². The predicted octanol–water partition coefficient (Wildman–Crippen LogP) is 4.49. The molecule has 0 bridgehead atoms. The second-order valence-electron chi connectivity index (χ2n) is 6.80. The number of benzene rings is 3. The Morgan fingerprint density at radius 2 is 1.29 bits per heavy atom. The summed E-state index contributed by atoms with van der Waals surface area (Å²) in [6, 6.07) is 26.8. The lowest BCUT2D eigenvalue weighted by Crippen LogP contribution is -2.22. The lowest BCUT2D eigenvalue weighted by Gasteiger charge is -2.12. The van der Waals surface area contributed by atoms with Crippen LogP contribution in [0, 0.1) is 0 Å². The minimum absolute atomic E-state index is 0.0357. The van der Waals surface area contributed by atoms with Crippen molar-refractivity contribution in [3.05, 3.63) is 118 Å². The van der Waals surface area contributed by atoms with Gasteiger partial charge in [-0.25, -0.2) is 9.36 Å². The Bertz CT molecular complexity index is 1230. The number of para-hydroxylation sites is 2. The van der Waals surface area contributed by atoms with Crippen LogP contribution in [0.2, 0.25) is 0 Å². The monoisotopic (exact) mass is 366 g/mol. The van der Waals surface area contributed by atoms with Gasteiger partial charge < -0.3 is 5.11 Å². The Morgan fingerprint density at radius 3 is 1.96 bits per heavy atom. The lowest BCUT2D eigenvalue weighted by atomic mass is 9.95. The highest BCUT2D eigenvalue weighted by atomic mass is 16.3. The van der Waals surface area contributed by atoms with E-state index in [9.17, 15) is 9.90 Å². The molecule has 1 N–H and O–H groups in total. The Balaban J connectivity index is 1.81. The zero-order valence-electron chi connectivity index (χ0n) is 15.1. The number of rotatable bonds is 3. The second-order valence-corrected chi connectivity index (χ2v) is 6.80. The zero-order chi connectivity index (χ0) is 19.1. The molecular weight excluding hydrogens is 348 g/mol. The summed E-state index contributed by atoms with van der Waals surface area (Å²) in [7, 11) is 0. The van der Waals surface area contributed by atoms with Crippen LogP contribution in [0.4, 0.5) is 0 Å². The minimum Gasteiger partial charge on any atom is -0.493 e. The highest BCUT2D eigenvalue weighted by Crippen LogP contribution is 2.38. The van der Waals surface area contributed by atoms with Crippen molar-refractivity contribution < 1.29 is 5.11 Å². The van der Waals surface area contributed by atoms with Crippen molar-refractivity contribution in [1.29, 1.82) is 0 Å². The van der Waals surface area contributed by atoms with Gasteiger partial charge in [-0.15, -0.1) is 0 Å². The maximum Gasteiger partial charge on any atom is 0.279 e. The first-order valence-corrected chi connectivity index (χ1v) is 9.20. The fraction of sp³-hybridized carbons (Fsp3) is 0.0417. The average Bonchev–Trinajstić information content (AvgIpc) is 3.27. The first kappa shape index (κ1) is 16.4. The lowest BCUT2D eigenvalue weighted by molar-refractivity contribution is 0.420. The Kier molecular flexibility index (Phi) is 3.76. The van der Waals surface area contributed by atoms with Crippen molar-refractivity contribution in [2.45, 2.75) is 5.92 Å². The van der Waals surface area contributed by atoms with Crippen LogP contribution in [0.1, 0.15) is 22.6 Å². The highest BCUT2D eigenvalue weighted by Gasteiger charge is 2.30. The van der Waals surface area contributed by atoms with Gasteiger partial charge in [0, 0.05) is 5.92 Å². The van der Waals surface area contributed by atoms with E-state index in [-0.39, 0.29) is 17.4 Å². The number of allylic oxidation sites excluding steroid dienone is 1. The van der Waals surface area contributed by atoms with Gasteiger partial charge in [0.2, 0.25) is 5.88 Å². The molecule has 4 nitrogen and oxygen atoms in total. The van der Waals surface area contributed by atoms with Crippen molar-refractivity contribution in [3.8, 4) is 17.3 Å². The van der Waals surface area contributed by atoms with E-state index < -0.39 is 0 Å². The number of aromatic hydroxyl groups is 1. The van der Waals surface area contributed by atoms with Crippen molar-refractivity contribution in [2.75, 3.05) is 0 Å². The molecule has 136 valence electrons. The summed E-state index contributed by atoms with van der Waals surface area (Å²) in [6.45, 7) is 0. The molecule has 28 heavy (non-hydrogen) atoms. The molecule has 1 aromatic heterocycles. The first-order chi connectivity index (χ1) is 13.8. The molecule has 4 heteroatoms. The summed E-state index contributed by atoms with van der Waals surface area (Å²) in [6.07, 6.45) is 3.98. The molecule has 3 aromatic carbocycles. The van der Waals surface area contributed by atoms with Gasteiger partial charge in [-0.05, 0) is 35.4 Å². The minimum atomic E-state index is -0.274. The Hall–Kier alpha value is -3.79. The fourth-order valence-corrected chi connectivity index (χ4v) is 3.89. The third kappa shape index (κ3) is 2.42. The summed E-state index contributed by atoms with van der Waals surface area (Å²) >= 11 is 0. The van der Waals surface area contributed by atoms with Gasteiger partial charge in [-0.3, -0.25) is 4.79 Å². The highest BCUT2D eigenvalue weighted by molar-refractivity contribution is 5.66. The summed E-state index contributed by atoms with van der Waals surface area (Å²) in [4.78, 5) is 13.5. The van der Waals surface area contributed by atoms with Crippen LogP contribution in [-0.2, 0) is 0 Å². The van der Waals surface area contributed by atoms with Gasteiger partial charge in [-0.2, -0.15) is 0 Å². The number of nitrogens with zero attached hydrogens (tertiary/aromatic N) is 2. The standard InChI is InChI=1S/C24H18N2O2/c27-23-22(21-16-15-17-9-7-8-14-20(17)21)24(28)26(19-12-5-2-6-13-19)25(23)18-10-3-1-4-11-18/h1-16,21,27H. The summed E-state index contributed by atoms with van der Waals surface area (Å²) in [5.41, 5.74) is 3.69. The van der Waals surface area contributed by atoms with Crippen LogP contribution >= 0.6 is 0 Å². The molecule has 0 radical (unpaired) electrons. The van der Waals surface area contributed by atoms with E-state index in [1.54, 1.807) is 4.68 Å². The quantitative estimate of drug-likeness (QED) is 0.581. The largest absolute Gasteiger partial charge is 0.493 e. The summed E-state index contributed by atoms with van der Waals surface area (Å²) < 4.78 is 3.12. The van der Waals surface area contributed by atoms with Crippen LogP contribution in [0.15, 0.2) is 95.8 Å². The third-order valence-corrected chi connectivity index (χ3v) is 5.18. The molecular formula is C24H18N2O2. The molecule has 1 heterocycles. The summed E-state index contributed by atoms with van der Waals surface area (Å²) in [5, 5.41) is 11.2. The van der Waals surface area contributed by atoms with Crippen LogP contribution in [-0.4, -0.2) is 14.5 Å². The second kappa shape index (κ2) is 6.43. The molecule has 4 aromatic rings. The summed E-state index contributed by atoms with van der Waals surface area (Å²) in [5.74, 6) is -0.310.